The Morgan fingerprint density at radius 3 is 1.42 bits per heavy atom. The van der Waals surface area contributed by atoms with Gasteiger partial charge in [0.1, 0.15) is 0 Å². The van der Waals surface area contributed by atoms with Crippen molar-refractivity contribution in [2.45, 2.75) is 62.3 Å². The maximum absolute atomic E-state index is 12.4. The minimum atomic E-state index is -3.68. The molecule has 0 saturated heterocycles. The Labute approximate surface area is 121 Å². The summed E-state index contributed by atoms with van der Waals surface area (Å²) >= 11 is -3.68. The van der Waals surface area contributed by atoms with Gasteiger partial charge in [0.25, 0.3) is 0 Å². The van der Waals surface area contributed by atoms with Gasteiger partial charge in [0.2, 0.25) is 0 Å². The van der Waals surface area contributed by atoms with Crippen molar-refractivity contribution in [3.63, 3.8) is 0 Å². The molecule has 4 nitrogen and oxygen atoms in total. The number of carbonyl (C=O) groups is 2. The van der Waals surface area contributed by atoms with Crippen LogP contribution in [0.15, 0.2) is 0 Å². The summed E-state index contributed by atoms with van der Waals surface area (Å²) in [4.78, 5) is 24.7. The molecule has 0 aromatic heterocycles. The van der Waals surface area contributed by atoms with Gasteiger partial charge in [-0.05, 0) is 0 Å². The van der Waals surface area contributed by atoms with E-state index in [4.69, 9.17) is 9.47 Å². The van der Waals surface area contributed by atoms with Gasteiger partial charge in [-0.15, -0.1) is 0 Å². The molecule has 112 valence electrons. The molecule has 0 spiro atoms. The first kappa shape index (κ1) is 18.7. The van der Waals surface area contributed by atoms with Crippen LogP contribution in [0.5, 0.6) is 0 Å². The second-order valence-electron chi connectivity index (χ2n) is 4.73. The van der Waals surface area contributed by atoms with E-state index in [0.717, 1.165) is 34.6 Å². The number of rotatable bonds is 10. The molecule has 0 aromatic rings. The SMILES string of the molecule is CCC[CH2][Sn]([CH2]CCC)([C](=O)OCC)[C](=O)OCC. The van der Waals surface area contributed by atoms with E-state index in [2.05, 4.69) is 13.8 Å². The Morgan fingerprint density at radius 2 is 1.16 bits per heavy atom. The van der Waals surface area contributed by atoms with E-state index >= 15 is 0 Å². The predicted octanol–water partition coefficient (Wildman–Crippen LogP) is 4.51. The normalized spacial score (nSPS) is 11.2. The van der Waals surface area contributed by atoms with E-state index < -0.39 is 18.4 Å². The summed E-state index contributed by atoms with van der Waals surface area (Å²) in [6, 6.07) is 0. The van der Waals surface area contributed by atoms with Crippen molar-refractivity contribution in [3.8, 4) is 0 Å². The molecule has 0 saturated carbocycles. The van der Waals surface area contributed by atoms with Crippen LogP contribution in [0.25, 0.3) is 0 Å². The molecular weight excluding hydrogens is 351 g/mol. The van der Waals surface area contributed by atoms with Crippen LogP contribution < -0.4 is 0 Å². The second-order valence-corrected chi connectivity index (χ2v) is 16.1. The van der Waals surface area contributed by atoms with E-state index in [0.29, 0.717) is 13.2 Å². The molecule has 5 heteroatoms. The van der Waals surface area contributed by atoms with Crippen LogP contribution in [-0.2, 0) is 9.47 Å². The Balaban J connectivity index is 5.16. The summed E-state index contributed by atoms with van der Waals surface area (Å²) in [7, 11) is 0. The quantitative estimate of drug-likeness (QED) is 0.524. The van der Waals surface area contributed by atoms with E-state index in [1.54, 1.807) is 13.8 Å². The van der Waals surface area contributed by atoms with Crippen molar-refractivity contribution in [2.75, 3.05) is 13.2 Å². The summed E-state index contributed by atoms with van der Waals surface area (Å²) in [6.07, 6.45) is 3.81. The third kappa shape index (κ3) is 5.71. The zero-order valence-corrected chi connectivity index (χ0v) is 15.6. The van der Waals surface area contributed by atoms with Crippen molar-refractivity contribution in [2.24, 2.45) is 0 Å². The summed E-state index contributed by atoms with van der Waals surface area (Å²) in [5, 5.41) is 0. The fourth-order valence-corrected chi connectivity index (χ4v) is 13.5. The molecule has 0 rings (SSSR count). The number of ether oxygens (including phenoxy) is 2. The fraction of sp³-hybridized carbons (Fsp3) is 0.857. The average molecular weight is 379 g/mol. The van der Waals surface area contributed by atoms with Gasteiger partial charge in [-0.3, -0.25) is 0 Å². The number of hydrogen-bond donors (Lipinski definition) is 0. The topological polar surface area (TPSA) is 52.6 Å². The fourth-order valence-electron chi connectivity index (χ4n) is 2.11. The Kier molecular flexibility index (Phi) is 10.4. The van der Waals surface area contributed by atoms with Crippen LogP contribution >= 0.6 is 0 Å². The van der Waals surface area contributed by atoms with Gasteiger partial charge < -0.3 is 0 Å². The van der Waals surface area contributed by atoms with Crippen LogP contribution in [0.3, 0.4) is 0 Å². The Bertz CT molecular complexity index is 251. The molecular formula is C14H28O4Sn. The van der Waals surface area contributed by atoms with Gasteiger partial charge in [-0.2, -0.15) is 0 Å². The average Bonchev–Trinajstić information content (AvgIpc) is 2.40. The molecule has 0 radical (unpaired) electrons. The minimum absolute atomic E-state index is 0.211. The molecule has 0 aliphatic rings. The van der Waals surface area contributed by atoms with Crippen LogP contribution in [0.2, 0.25) is 8.87 Å². The zero-order valence-electron chi connectivity index (χ0n) is 12.8. The van der Waals surface area contributed by atoms with Gasteiger partial charge >= 0.3 is 121 Å². The summed E-state index contributed by atoms with van der Waals surface area (Å²) in [5.74, 6) is 0. The molecule has 0 heterocycles. The van der Waals surface area contributed by atoms with E-state index in [1.807, 2.05) is 0 Å². The molecule has 0 N–H and O–H groups in total. The first-order valence-electron chi connectivity index (χ1n) is 7.43. The van der Waals surface area contributed by atoms with E-state index in [9.17, 15) is 9.59 Å². The van der Waals surface area contributed by atoms with Crippen molar-refractivity contribution >= 4 is 26.3 Å². The van der Waals surface area contributed by atoms with E-state index in [1.165, 1.54) is 0 Å². The van der Waals surface area contributed by atoms with Crippen molar-refractivity contribution in [1.82, 2.24) is 0 Å². The molecule has 0 aliphatic heterocycles. The third-order valence-electron chi connectivity index (χ3n) is 3.25. The van der Waals surface area contributed by atoms with Gasteiger partial charge in [0.15, 0.2) is 0 Å². The molecule has 0 aromatic carbocycles. The third-order valence-corrected chi connectivity index (χ3v) is 15.4. The van der Waals surface area contributed by atoms with Gasteiger partial charge in [-0.1, -0.05) is 0 Å². The van der Waals surface area contributed by atoms with Crippen LogP contribution in [0.4, 0.5) is 9.59 Å². The maximum atomic E-state index is 12.4. The number of hydrogen-bond acceptors (Lipinski definition) is 4. The molecule has 0 unspecified atom stereocenters. The van der Waals surface area contributed by atoms with E-state index in [-0.39, 0.29) is 7.97 Å². The van der Waals surface area contributed by atoms with Crippen LogP contribution in [0, 0.1) is 0 Å². The molecule has 0 bridgehead atoms. The summed E-state index contributed by atoms with van der Waals surface area (Å²) in [5.41, 5.74) is 0. The predicted molar refractivity (Wildman–Crippen MR) is 79.2 cm³/mol. The molecule has 0 atom stereocenters. The summed E-state index contributed by atoms with van der Waals surface area (Å²) < 4.78 is 11.5. The first-order chi connectivity index (χ1) is 9.08. The van der Waals surface area contributed by atoms with Gasteiger partial charge in [0, 0.05) is 0 Å². The summed E-state index contributed by atoms with van der Waals surface area (Å²) in [6.45, 7) is 8.42. The molecule has 0 amide bonds. The Hall–Kier alpha value is -0.261. The second kappa shape index (κ2) is 10.5. The Morgan fingerprint density at radius 1 is 0.789 bits per heavy atom. The van der Waals surface area contributed by atoms with Gasteiger partial charge in [-0.25, -0.2) is 0 Å². The van der Waals surface area contributed by atoms with Crippen LogP contribution in [-0.4, -0.2) is 39.6 Å². The zero-order chi connectivity index (χ0) is 14.7. The number of carbonyl (C=O) groups excluding carboxylic acids is 2. The number of unbranched alkanes of at least 4 members (excludes halogenated alkanes) is 2. The molecule has 0 aliphatic carbocycles. The van der Waals surface area contributed by atoms with Crippen molar-refractivity contribution in [3.05, 3.63) is 0 Å². The molecule has 0 fully saturated rings. The molecule has 19 heavy (non-hydrogen) atoms. The van der Waals surface area contributed by atoms with Gasteiger partial charge in [0.05, 0.1) is 0 Å². The van der Waals surface area contributed by atoms with Crippen molar-refractivity contribution < 1.29 is 19.1 Å². The van der Waals surface area contributed by atoms with Crippen molar-refractivity contribution in [1.29, 1.82) is 0 Å². The monoisotopic (exact) mass is 380 g/mol. The standard InChI is InChI=1S/2C4H9.2C3H5O2.Sn/c2*1-3-4-2;2*1-2-5-3-4;/h2*1,3-4H2,2H3;2*2H2,1H3;. The van der Waals surface area contributed by atoms with Crippen LogP contribution in [0.1, 0.15) is 53.4 Å². The first-order valence-corrected chi connectivity index (χ1v) is 14.3.